The Morgan fingerprint density at radius 3 is 2.12 bits per heavy atom. The van der Waals surface area contributed by atoms with Crippen LogP contribution in [0, 0.1) is 0 Å². The molecule has 0 aliphatic rings. The Kier molecular flexibility index (Phi) is 3.96. The van der Waals surface area contributed by atoms with Crippen LogP contribution >= 0.6 is 55.1 Å². The highest BCUT2D eigenvalue weighted by atomic mass is 79.9. The molecule has 0 radical (unpaired) electrons. The summed E-state index contributed by atoms with van der Waals surface area (Å²) in [6.07, 6.45) is 0. The Morgan fingerprint density at radius 2 is 1.50 bits per heavy atom. The van der Waals surface area contributed by atoms with Gasteiger partial charge >= 0.3 is 0 Å². The van der Waals surface area contributed by atoms with E-state index in [2.05, 4.69) is 31.9 Å². The SMILES string of the molecule is Clc1ccc(-c2ccc(Br)cc2Br)c(Cl)c1. The lowest BCUT2D eigenvalue weighted by Crippen LogP contribution is -1.82. The van der Waals surface area contributed by atoms with Crippen molar-refractivity contribution in [2.75, 3.05) is 0 Å². The zero-order valence-corrected chi connectivity index (χ0v) is 12.7. The van der Waals surface area contributed by atoms with E-state index in [1.54, 1.807) is 6.07 Å². The third-order valence-corrected chi connectivity index (χ3v) is 3.85. The predicted molar refractivity (Wildman–Crippen MR) is 77.3 cm³/mol. The molecule has 0 aliphatic heterocycles. The fourth-order valence-corrected chi connectivity index (χ4v) is 3.19. The normalized spacial score (nSPS) is 10.5. The highest BCUT2D eigenvalue weighted by Gasteiger charge is 2.07. The van der Waals surface area contributed by atoms with Gasteiger partial charge in [-0.2, -0.15) is 0 Å². The van der Waals surface area contributed by atoms with Crippen LogP contribution < -0.4 is 0 Å². The van der Waals surface area contributed by atoms with Crippen molar-refractivity contribution in [1.82, 2.24) is 0 Å². The number of hydrogen-bond donors (Lipinski definition) is 0. The van der Waals surface area contributed by atoms with Crippen LogP contribution in [0.2, 0.25) is 10.0 Å². The molecule has 0 spiro atoms. The second-order valence-corrected chi connectivity index (χ2v) is 5.86. The van der Waals surface area contributed by atoms with E-state index >= 15 is 0 Å². The Bertz CT molecular complexity index is 489. The molecule has 0 fully saturated rings. The highest BCUT2D eigenvalue weighted by Crippen LogP contribution is 2.36. The van der Waals surface area contributed by atoms with Gasteiger partial charge in [-0.05, 0) is 29.8 Å². The lowest BCUT2D eigenvalue weighted by Gasteiger charge is -2.07. The quantitative estimate of drug-likeness (QED) is 0.553. The Labute approximate surface area is 121 Å². The van der Waals surface area contributed by atoms with Gasteiger partial charge in [-0.1, -0.05) is 67.2 Å². The zero-order chi connectivity index (χ0) is 11.7. The van der Waals surface area contributed by atoms with Crippen LogP contribution in [-0.2, 0) is 0 Å². The van der Waals surface area contributed by atoms with Gasteiger partial charge in [-0.3, -0.25) is 0 Å². The van der Waals surface area contributed by atoms with Crippen LogP contribution in [0.4, 0.5) is 0 Å². The molecule has 2 rings (SSSR count). The monoisotopic (exact) mass is 378 g/mol. The second kappa shape index (κ2) is 5.09. The van der Waals surface area contributed by atoms with Crippen molar-refractivity contribution in [1.29, 1.82) is 0 Å². The molecule has 0 saturated heterocycles. The molecule has 2 aromatic rings. The molecule has 0 aromatic heterocycles. The highest BCUT2D eigenvalue weighted by molar-refractivity contribution is 9.11. The summed E-state index contributed by atoms with van der Waals surface area (Å²) in [6, 6.07) is 11.5. The maximum Gasteiger partial charge on any atom is 0.0499 e. The van der Waals surface area contributed by atoms with Crippen LogP contribution in [0.15, 0.2) is 45.3 Å². The summed E-state index contributed by atoms with van der Waals surface area (Å²) < 4.78 is 2.01. The lowest BCUT2D eigenvalue weighted by atomic mass is 10.1. The van der Waals surface area contributed by atoms with Crippen molar-refractivity contribution in [2.45, 2.75) is 0 Å². The summed E-state index contributed by atoms with van der Waals surface area (Å²) in [5, 5.41) is 1.29. The van der Waals surface area contributed by atoms with Crippen LogP contribution in [0.3, 0.4) is 0 Å². The van der Waals surface area contributed by atoms with Gasteiger partial charge in [0.15, 0.2) is 0 Å². The summed E-state index contributed by atoms with van der Waals surface area (Å²) in [6.45, 7) is 0. The Hall–Kier alpha value is -0.0200. The average Bonchev–Trinajstić information content (AvgIpc) is 2.19. The first kappa shape index (κ1) is 12.4. The number of rotatable bonds is 1. The van der Waals surface area contributed by atoms with E-state index in [1.165, 1.54) is 0 Å². The molecule has 0 amide bonds. The van der Waals surface area contributed by atoms with Crippen molar-refractivity contribution in [3.05, 3.63) is 55.4 Å². The van der Waals surface area contributed by atoms with Gasteiger partial charge < -0.3 is 0 Å². The third kappa shape index (κ3) is 2.62. The fourth-order valence-electron chi connectivity index (χ4n) is 1.42. The van der Waals surface area contributed by atoms with Gasteiger partial charge in [0.25, 0.3) is 0 Å². The van der Waals surface area contributed by atoms with E-state index < -0.39 is 0 Å². The first-order chi connectivity index (χ1) is 7.58. The second-order valence-electron chi connectivity index (χ2n) is 3.25. The molecule has 0 unspecified atom stereocenters. The first-order valence-corrected chi connectivity index (χ1v) is 6.82. The summed E-state index contributed by atoms with van der Waals surface area (Å²) in [5.74, 6) is 0. The molecular weight excluding hydrogens is 375 g/mol. The zero-order valence-electron chi connectivity index (χ0n) is 7.98. The smallest absolute Gasteiger partial charge is 0.0499 e. The minimum Gasteiger partial charge on any atom is -0.0843 e. The van der Waals surface area contributed by atoms with Crippen molar-refractivity contribution in [3.8, 4) is 11.1 Å². The molecule has 4 heteroatoms. The van der Waals surface area contributed by atoms with E-state index in [0.29, 0.717) is 10.0 Å². The molecule has 0 atom stereocenters. The molecule has 16 heavy (non-hydrogen) atoms. The number of halogens is 4. The molecule has 0 aliphatic carbocycles. The van der Waals surface area contributed by atoms with Crippen molar-refractivity contribution in [3.63, 3.8) is 0 Å². The van der Waals surface area contributed by atoms with Crippen LogP contribution in [0.1, 0.15) is 0 Å². The topological polar surface area (TPSA) is 0 Å². The van der Waals surface area contributed by atoms with Gasteiger partial charge in [0.05, 0.1) is 0 Å². The summed E-state index contributed by atoms with van der Waals surface area (Å²) in [5.41, 5.74) is 2.01. The van der Waals surface area contributed by atoms with Crippen molar-refractivity contribution >= 4 is 55.1 Å². The maximum absolute atomic E-state index is 6.16. The fraction of sp³-hybridized carbons (Fsp3) is 0. The summed E-state index contributed by atoms with van der Waals surface area (Å²) in [4.78, 5) is 0. The van der Waals surface area contributed by atoms with E-state index in [4.69, 9.17) is 23.2 Å². The molecule has 0 nitrogen and oxygen atoms in total. The largest absolute Gasteiger partial charge is 0.0843 e. The molecule has 0 saturated carbocycles. The maximum atomic E-state index is 6.16. The summed E-state index contributed by atoms with van der Waals surface area (Å²) in [7, 11) is 0. The molecular formula is C12H6Br2Cl2. The van der Waals surface area contributed by atoms with Crippen LogP contribution in [0.5, 0.6) is 0 Å². The molecule has 0 heterocycles. The van der Waals surface area contributed by atoms with E-state index in [1.807, 2.05) is 30.3 Å². The molecule has 0 N–H and O–H groups in total. The van der Waals surface area contributed by atoms with Gasteiger partial charge in [-0.15, -0.1) is 0 Å². The summed E-state index contributed by atoms with van der Waals surface area (Å²) >= 11 is 19.0. The standard InChI is InChI=1S/C12H6Br2Cl2/c13-7-1-3-9(11(14)5-7)10-4-2-8(15)6-12(10)16/h1-6H. The minimum absolute atomic E-state index is 0.641. The van der Waals surface area contributed by atoms with Gasteiger partial charge in [0.2, 0.25) is 0 Å². The molecule has 82 valence electrons. The van der Waals surface area contributed by atoms with Crippen LogP contribution in [-0.4, -0.2) is 0 Å². The Morgan fingerprint density at radius 1 is 0.812 bits per heavy atom. The van der Waals surface area contributed by atoms with E-state index in [9.17, 15) is 0 Å². The van der Waals surface area contributed by atoms with E-state index in [0.717, 1.165) is 20.1 Å². The molecule has 2 aromatic carbocycles. The Balaban J connectivity index is 2.59. The lowest BCUT2D eigenvalue weighted by molar-refractivity contribution is 1.56. The van der Waals surface area contributed by atoms with Gasteiger partial charge in [0, 0.05) is 24.6 Å². The minimum atomic E-state index is 0.641. The third-order valence-electron chi connectivity index (χ3n) is 2.15. The van der Waals surface area contributed by atoms with Crippen molar-refractivity contribution in [2.24, 2.45) is 0 Å². The van der Waals surface area contributed by atoms with E-state index in [-0.39, 0.29) is 0 Å². The van der Waals surface area contributed by atoms with Gasteiger partial charge in [0.1, 0.15) is 0 Å². The number of benzene rings is 2. The predicted octanol–water partition coefficient (Wildman–Crippen LogP) is 6.19. The average molecular weight is 381 g/mol. The first-order valence-electron chi connectivity index (χ1n) is 4.48. The van der Waals surface area contributed by atoms with Crippen LogP contribution in [0.25, 0.3) is 11.1 Å². The van der Waals surface area contributed by atoms with Crippen molar-refractivity contribution < 1.29 is 0 Å². The molecule has 0 bridgehead atoms. The number of hydrogen-bond acceptors (Lipinski definition) is 0. The van der Waals surface area contributed by atoms with Gasteiger partial charge in [-0.25, -0.2) is 0 Å².